The summed E-state index contributed by atoms with van der Waals surface area (Å²) in [6.07, 6.45) is 1.83. The standard InChI is InChI=1S/C11H11Cl2N5OS/c1-20-11-17-16-10(14)18(11)5-9(19)15-6-2-3-7(12)8(13)4-6/h2-4H,5H2,1H3,(H2,14,16)(H,15,19). The maximum Gasteiger partial charge on any atom is 0.244 e. The van der Waals surface area contributed by atoms with Crippen LogP contribution in [0, 0.1) is 0 Å². The minimum absolute atomic E-state index is 0.0231. The number of nitrogens with zero attached hydrogens (tertiary/aromatic N) is 3. The van der Waals surface area contributed by atoms with Crippen LogP contribution in [-0.2, 0) is 11.3 Å². The van der Waals surface area contributed by atoms with Gasteiger partial charge >= 0.3 is 0 Å². The van der Waals surface area contributed by atoms with Crippen molar-refractivity contribution in [3.8, 4) is 0 Å². The van der Waals surface area contributed by atoms with Crippen molar-refractivity contribution in [2.45, 2.75) is 11.7 Å². The van der Waals surface area contributed by atoms with Crippen LogP contribution in [0.3, 0.4) is 0 Å². The number of benzene rings is 1. The summed E-state index contributed by atoms with van der Waals surface area (Å²) in [5.41, 5.74) is 6.22. The zero-order valence-electron chi connectivity index (χ0n) is 10.4. The van der Waals surface area contributed by atoms with Crippen molar-refractivity contribution in [1.29, 1.82) is 0 Å². The van der Waals surface area contributed by atoms with E-state index in [4.69, 9.17) is 28.9 Å². The Labute approximate surface area is 129 Å². The molecule has 0 aliphatic carbocycles. The smallest absolute Gasteiger partial charge is 0.244 e. The molecule has 3 N–H and O–H groups in total. The number of carbonyl (C=O) groups is 1. The Morgan fingerprint density at radius 1 is 1.40 bits per heavy atom. The normalized spacial score (nSPS) is 10.6. The molecule has 6 nitrogen and oxygen atoms in total. The molecule has 9 heteroatoms. The highest BCUT2D eigenvalue weighted by molar-refractivity contribution is 7.98. The highest BCUT2D eigenvalue weighted by atomic mass is 35.5. The number of nitrogens with two attached hydrogens (primary N) is 1. The van der Waals surface area contributed by atoms with E-state index in [0.29, 0.717) is 20.9 Å². The van der Waals surface area contributed by atoms with Crippen LogP contribution in [0.25, 0.3) is 0 Å². The lowest BCUT2D eigenvalue weighted by Gasteiger charge is -2.08. The molecule has 0 radical (unpaired) electrons. The maximum atomic E-state index is 12.0. The van der Waals surface area contributed by atoms with Gasteiger partial charge in [-0.1, -0.05) is 35.0 Å². The fourth-order valence-corrected chi connectivity index (χ4v) is 2.32. The molecule has 0 spiro atoms. The van der Waals surface area contributed by atoms with Gasteiger partial charge in [-0.15, -0.1) is 10.2 Å². The topological polar surface area (TPSA) is 85.8 Å². The molecular weight excluding hydrogens is 321 g/mol. The van der Waals surface area contributed by atoms with E-state index in [1.54, 1.807) is 18.2 Å². The van der Waals surface area contributed by atoms with Crippen molar-refractivity contribution in [2.75, 3.05) is 17.3 Å². The number of hydrogen-bond acceptors (Lipinski definition) is 5. The van der Waals surface area contributed by atoms with Gasteiger partial charge in [-0.05, 0) is 24.5 Å². The summed E-state index contributed by atoms with van der Waals surface area (Å²) in [4.78, 5) is 12.0. The molecule has 0 aliphatic rings. The van der Waals surface area contributed by atoms with Gasteiger partial charge in [0.1, 0.15) is 6.54 Å². The summed E-state index contributed by atoms with van der Waals surface area (Å²) in [6, 6.07) is 4.85. The summed E-state index contributed by atoms with van der Waals surface area (Å²) < 4.78 is 1.53. The third kappa shape index (κ3) is 3.36. The molecule has 0 bridgehead atoms. The van der Waals surface area contributed by atoms with Crippen LogP contribution in [0.1, 0.15) is 0 Å². The molecule has 0 fully saturated rings. The zero-order valence-corrected chi connectivity index (χ0v) is 12.8. The minimum Gasteiger partial charge on any atom is -0.368 e. The summed E-state index contributed by atoms with van der Waals surface area (Å²) in [5, 5.41) is 11.7. The first-order valence-electron chi connectivity index (χ1n) is 5.49. The Morgan fingerprint density at radius 3 is 2.80 bits per heavy atom. The third-order valence-electron chi connectivity index (χ3n) is 2.43. The molecule has 106 valence electrons. The predicted octanol–water partition coefficient (Wildman–Crippen LogP) is 2.53. The molecular formula is C11H11Cl2N5OS. The van der Waals surface area contributed by atoms with E-state index in [1.165, 1.54) is 16.3 Å². The fourth-order valence-electron chi connectivity index (χ4n) is 1.52. The Hall–Kier alpha value is -1.44. The Bertz CT molecular complexity index is 646. The van der Waals surface area contributed by atoms with Crippen LogP contribution < -0.4 is 11.1 Å². The fraction of sp³-hybridized carbons (Fsp3) is 0.182. The molecule has 1 amide bonds. The second-order valence-electron chi connectivity index (χ2n) is 3.81. The van der Waals surface area contributed by atoms with E-state index in [2.05, 4.69) is 15.5 Å². The maximum absolute atomic E-state index is 12.0. The van der Waals surface area contributed by atoms with Gasteiger partial charge in [0, 0.05) is 5.69 Å². The monoisotopic (exact) mass is 331 g/mol. The first kappa shape index (κ1) is 15.0. The largest absolute Gasteiger partial charge is 0.368 e. The second-order valence-corrected chi connectivity index (χ2v) is 5.40. The quantitative estimate of drug-likeness (QED) is 0.841. The molecule has 1 aromatic carbocycles. The molecule has 0 aliphatic heterocycles. The van der Waals surface area contributed by atoms with E-state index in [1.807, 2.05) is 6.26 Å². The predicted molar refractivity (Wildman–Crippen MR) is 81.3 cm³/mol. The lowest BCUT2D eigenvalue weighted by atomic mass is 10.3. The van der Waals surface area contributed by atoms with Crippen LogP contribution in [0.15, 0.2) is 23.4 Å². The van der Waals surface area contributed by atoms with Crippen molar-refractivity contribution in [3.63, 3.8) is 0 Å². The molecule has 1 aromatic heterocycles. The van der Waals surface area contributed by atoms with Crippen molar-refractivity contribution in [2.24, 2.45) is 0 Å². The van der Waals surface area contributed by atoms with E-state index >= 15 is 0 Å². The number of nitrogens with one attached hydrogen (secondary N) is 1. The van der Waals surface area contributed by atoms with Crippen LogP contribution in [0.4, 0.5) is 11.6 Å². The Morgan fingerprint density at radius 2 is 2.15 bits per heavy atom. The average Bonchev–Trinajstić information content (AvgIpc) is 2.75. The van der Waals surface area contributed by atoms with E-state index in [-0.39, 0.29) is 18.4 Å². The Kier molecular flexibility index (Phi) is 4.74. The molecule has 2 aromatic rings. The molecule has 0 atom stereocenters. The SMILES string of the molecule is CSc1nnc(N)n1CC(=O)Nc1ccc(Cl)c(Cl)c1. The molecule has 20 heavy (non-hydrogen) atoms. The van der Waals surface area contributed by atoms with Gasteiger partial charge in [0.25, 0.3) is 0 Å². The van der Waals surface area contributed by atoms with Gasteiger partial charge in [-0.3, -0.25) is 9.36 Å². The van der Waals surface area contributed by atoms with E-state index in [9.17, 15) is 4.79 Å². The van der Waals surface area contributed by atoms with Gasteiger partial charge in [0.2, 0.25) is 11.9 Å². The lowest BCUT2D eigenvalue weighted by Crippen LogP contribution is -2.20. The molecule has 0 unspecified atom stereocenters. The van der Waals surface area contributed by atoms with Crippen LogP contribution in [0.2, 0.25) is 10.0 Å². The number of thioether (sulfide) groups is 1. The number of rotatable bonds is 4. The summed E-state index contributed by atoms with van der Waals surface area (Å²) in [5.74, 6) is -0.0659. The van der Waals surface area contributed by atoms with Gasteiger partial charge in [-0.25, -0.2) is 0 Å². The van der Waals surface area contributed by atoms with Crippen LogP contribution in [-0.4, -0.2) is 26.9 Å². The summed E-state index contributed by atoms with van der Waals surface area (Å²) in [7, 11) is 0. The first-order chi connectivity index (χ1) is 9.51. The second kappa shape index (κ2) is 6.34. The first-order valence-corrected chi connectivity index (χ1v) is 7.47. The number of amides is 1. The van der Waals surface area contributed by atoms with Crippen LogP contribution >= 0.6 is 35.0 Å². The molecule has 0 saturated heterocycles. The van der Waals surface area contributed by atoms with Gasteiger partial charge in [0.15, 0.2) is 5.16 Å². The Balaban J connectivity index is 2.09. The number of carbonyl (C=O) groups excluding carboxylic acids is 1. The summed E-state index contributed by atoms with van der Waals surface area (Å²) >= 11 is 13.0. The molecule has 2 rings (SSSR count). The number of aromatic nitrogens is 3. The van der Waals surface area contributed by atoms with Crippen molar-refractivity contribution in [3.05, 3.63) is 28.2 Å². The number of hydrogen-bond donors (Lipinski definition) is 2. The highest BCUT2D eigenvalue weighted by Gasteiger charge is 2.12. The van der Waals surface area contributed by atoms with Gasteiger partial charge in [0.05, 0.1) is 10.0 Å². The van der Waals surface area contributed by atoms with Crippen LogP contribution in [0.5, 0.6) is 0 Å². The average molecular weight is 332 g/mol. The summed E-state index contributed by atoms with van der Waals surface area (Å²) in [6.45, 7) is 0.0231. The lowest BCUT2D eigenvalue weighted by molar-refractivity contribution is -0.116. The molecule has 0 saturated carbocycles. The van der Waals surface area contributed by atoms with Crippen molar-refractivity contribution < 1.29 is 4.79 Å². The van der Waals surface area contributed by atoms with Gasteiger partial charge in [-0.2, -0.15) is 0 Å². The third-order valence-corrected chi connectivity index (χ3v) is 3.84. The molecule has 1 heterocycles. The van der Waals surface area contributed by atoms with E-state index in [0.717, 1.165) is 0 Å². The van der Waals surface area contributed by atoms with Gasteiger partial charge < -0.3 is 11.1 Å². The minimum atomic E-state index is -0.259. The van der Waals surface area contributed by atoms with Crippen molar-refractivity contribution in [1.82, 2.24) is 14.8 Å². The number of anilines is 2. The number of nitrogen functional groups attached to an aromatic ring is 1. The highest BCUT2D eigenvalue weighted by Crippen LogP contribution is 2.25. The zero-order chi connectivity index (χ0) is 14.7. The number of halogens is 2. The van der Waals surface area contributed by atoms with E-state index < -0.39 is 0 Å². The van der Waals surface area contributed by atoms with Crippen molar-refractivity contribution >= 4 is 52.5 Å².